The van der Waals surface area contributed by atoms with Gasteiger partial charge < -0.3 is 19.4 Å². The summed E-state index contributed by atoms with van der Waals surface area (Å²) < 4.78 is 10.6. The van der Waals surface area contributed by atoms with E-state index in [0.29, 0.717) is 38.0 Å². The maximum atomic E-state index is 12.4. The number of nitrogens with one attached hydrogen (secondary N) is 1. The van der Waals surface area contributed by atoms with Gasteiger partial charge in [-0.3, -0.25) is 9.59 Å². The van der Waals surface area contributed by atoms with Crippen LogP contribution in [-0.4, -0.2) is 43.0 Å². The van der Waals surface area contributed by atoms with Crippen LogP contribution in [0.25, 0.3) is 0 Å². The van der Waals surface area contributed by atoms with Gasteiger partial charge in [-0.05, 0) is 49.4 Å². The molecule has 1 saturated heterocycles. The SMILES string of the molecule is CCCCOc1ccc(CCNC(=O)C2CCN(C(=O)c3ccoc3)CC2)cc1. The molecule has 2 aromatic rings. The number of unbranched alkanes of at least 4 members (excludes halogenated alkanes) is 1. The zero-order valence-electron chi connectivity index (χ0n) is 17.1. The maximum absolute atomic E-state index is 12.4. The molecular weight excluding hydrogens is 368 g/mol. The molecule has 1 aliphatic rings. The lowest BCUT2D eigenvalue weighted by atomic mass is 9.95. The second-order valence-corrected chi connectivity index (χ2v) is 7.47. The van der Waals surface area contributed by atoms with Gasteiger partial charge in [-0.2, -0.15) is 0 Å². The number of furan rings is 1. The van der Waals surface area contributed by atoms with Gasteiger partial charge in [0.2, 0.25) is 5.91 Å². The van der Waals surface area contributed by atoms with E-state index in [2.05, 4.69) is 12.2 Å². The largest absolute Gasteiger partial charge is 0.494 e. The molecule has 0 aliphatic carbocycles. The lowest BCUT2D eigenvalue weighted by molar-refractivity contribution is -0.126. The number of amides is 2. The van der Waals surface area contributed by atoms with E-state index in [9.17, 15) is 9.59 Å². The van der Waals surface area contributed by atoms with Crippen molar-refractivity contribution in [3.8, 4) is 5.75 Å². The van der Waals surface area contributed by atoms with E-state index in [-0.39, 0.29) is 17.7 Å². The Morgan fingerprint density at radius 2 is 1.93 bits per heavy atom. The predicted molar refractivity (Wildman–Crippen MR) is 111 cm³/mol. The zero-order chi connectivity index (χ0) is 20.5. The average Bonchev–Trinajstić information content (AvgIpc) is 3.29. The van der Waals surface area contributed by atoms with Crippen LogP contribution >= 0.6 is 0 Å². The Kier molecular flexibility index (Phi) is 7.73. The minimum Gasteiger partial charge on any atom is -0.494 e. The molecule has 1 fully saturated rings. The molecule has 6 heteroatoms. The van der Waals surface area contributed by atoms with Gasteiger partial charge in [0.05, 0.1) is 18.4 Å². The summed E-state index contributed by atoms with van der Waals surface area (Å²) in [5.74, 6) is 0.917. The van der Waals surface area contributed by atoms with Crippen LogP contribution in [0.2, 0.25) is 0 Å². The van der Waals surface area contributed by atoms with Crippen molar-refractivity contribution in [2.75, 3.05) is 26.2 Å². The Hall–Kier alpha value is -2.76. The summed E-state index contributed by atoms with van der Waals surface area (Å²) in [6.45, 7) is 4.70. The molecular formula is C23H30N2O4. The number of ether oxygens (including phenoxy) is 1. The van der Waals surface area contributed by atoms with Gasteiger partial charge in [-0.15, -0.1) is 0 Å². The molecule has 0 radical (unpaired) electrons. The van der Waals surface area contributed by atoms with Crippen molar-refractivity contribution in [3.63, 3.8) is 0 Å². The summed E-state index contributed by atoms with van der Waals surface area (Å²) >= 11 is 0. The van der Waals surface area contributed by atoms with Crippen LogP contribution in [0.5, 0.6) is 5.75 Å². The highest BCUT2D eigenvalue weighted by atomic mass is 16.5. The summed E-state index contributed by atoms with van der Waals surface area (Å²) in [6, 6.07) is 9.74. The summed E-state index contributed by atoms with van der Waals surface area (Å²) in [5.41, 5.74) is 1.74. The number of nitrogens with zero attached hydrogens (tertiary/aromatic N) is 1. The van der Waals surface area contributed by atoms with Gasteiger partial charge in [0.25, 0.3) is 5.91 Å². The first-order valence-corrected chi connectivity index (χ1v) is 10.5. The van der Waals surface area contributed by atoms with Gasteiger partial charge in [0.1, 0.15) is 12.0 Å². The van der Waals surface area contributed by atoms with Crippen LogP contribution in [-0.2, 0) is 11.2 Å². The van der Waals surface area contributed by atoms with Gasteiger partial charge in [-0.1, -0.05) is 25.5 Å². The minimum absolute atomic E-state index is 0.0280. The molecule has 6 nitrogen and oxygen atoms in total. The number of likely N-dealkylation sites (tertiary alicyclic amines) is 1. The van der Waals surface area contributed by atoms with Gasteiger partial charge >= 0.3 is 0 Å². The molecule has 1 aromatic heterocycles. The summed E-state index contributed by atoms with van der Waals surface area (Å²) in [6.07, 6.45) is 7.32. The topological polar surface area (TPSA) is 71.8 Å². The van der Waals surface area contributed by atoms with Gasteiger partial charge in [0, 0.05) is 25.6 Å². The third kappa shape index (κ3) is 6.11. The van der Waals surface area contributed by atoms with Crippen LogP contribution in [0.3, 0.4) is 0 Å². The number of carbonyl (C=O) groups is 2. The third-order valence-electron chi connectivity index (χ3n) is 5.32. The van der Waals surface area contributed by atoms with Crippen LogP contribution in [0, 0.1) is 5.92 Å². The van der Waals surface area contributed by atoms with E-state index in [1.165, 1.54) is 18.1 Å². The van der Waals surface area contributed by atoms with Gasteiger partial charge in [-0.25, -0.2) is 0 Å². The van der Waals surface area contributed by atoms with E-state index < -0.39 is 0 Å². The smallest absolute Gasteiger partial charge is 0.257 e. The Balaban J connectivity index is 1.35. The molecule has 0 atom stereocenters. The van der Waals surface area contributed by atoms with Crippen molar-refractivity contribution >= 4 is 11.8 Å². The quantitative estimate of drug-likeness (QED) is 0.654. The molecule has 2 heterocycles. The van der Waals surface area contributed by atoms with Crippen molar-refractivity contribution in [1.82, 2.24) is 10.2 Å². The van der Waals surface area contributed by atoms with Crippen LogP contribution < -0.4 is 10.1 Å². The van der Waals surface area contributed by atoms with Crippen molar-refractivity contribution in [3.05, 3.63) is 54.0 Å². The standard InChI is InChI=1S/C23H30N2O4/c1-2-3-15-29-21-6-4-18(5-7-21)8-12-24-22(26)19-9-13-25(14-10-19)23(27)20-11-16-28-17-20/h4-7,11,16-17,19H,2-3,8-10,12-15H2,1H3,(H,24,26). The second-order valence-electron chi connectivity index (χ2n) is 7.47. The summed E-state index contributed by atoms with van der Waals surface area (Å²) in [4.78, 5) is 26.6. The van der Waals surface area contributed by atoms with Gasteiger partial charge in [0.15, 0.2) is 0 Å². The number of hydrogen-bond donors (Lipinski definition) is 1. The highest BCUT2D eigenvalue weighted by molar-refractivity contribution is 5.94. The van der Waals surface area contributed by atoms with Crippen LogP contribution in [0.4, 0.5) is 0 Å². The maximum Gasteiger partial charge on any atom is 0.257 e. The number of rotatable bonds is 9. The fourth-order valence-corrected chi connectivity index (χ4v) is 3.47. The number of hydrogen-bond acceptors (Lipinski definition) is 4. The number of benzene rings is 1. The number of carbonyl (C=O) groups excluding carboxylic acids is 2. The van der Waals surface area contributed by atoms with Crippen LogP contribution in [0.1, 0.15) is 48.5 Å². The first-order valence-electron chi connectivity index (χ1n) is 10.5. The van der Waals surface area contributed by atoms with E-state index in [4.69, 9.17) is 9.15 Å². The molecule has 1 aromatic carbocycles. The van der Waals surface area contributed by atoms with Crippen molar-refractivity contribution in [2.45, 2.75) is 39.0 Å². The van der Waals surface area contributed by atoms with Crippen molar-refractivity contribution in [1.29, 1.82) is 0 Å². The second kappa shape index (κ2) is 10.7. The van der Waals surface area contributed by atoms with E-state index in [1.807, 2.05) is 24.3 Å². The van der Waals surface area contributed by atoms with E-state index >= 15 is 0 Å². The Morgan fingerprint density at radius 3 is 2.59 bits per heavy atom. The normalized spacial score (nSPS) is 14.6. The monoisotopic (exact) mass is 398 g/mol. The highest BCUT2D eigenvalue weighted by Crippen LogP contribution is 2.19. The third-order valence-corrected chi connectivity index (χ3v) is 5.32. The molecule has 1 aliphatic heterocycles. The lowest BCUT2D eigenvalue weighted by Gasteiger charge is -2.31. The molecule has 2 amide bonds. The Morgan fingerprint density at radius 1 is 1.17 bits per heavy atom. The van der Waals surface area contributed by atoms with E-state index in [0.717, 1.165) is 31.6 Å². The summed E-state index contributed by atoms with van der Waals surface area (Å²) in [7, 11) is 0. The molecule has 0 unspecified atom stereocenters. The zero-order valence-corrected chi connectivity index (χ0v) is 17.1. The fourth-order valence-electron chi connectivity index (χ4n) is 3.47. The molecule has 0 spiro atoms. The predicted octanol–water partition coefficient (Wildman–Crippen LogP) is 3.67. The Labute approximate surface area is 172 Å². The van der Waals surface area contributed by atoms with E-state index in [1.54, 1.807) is 11.0 Å². The van der Waals surface area contributed by atoms with Crippen molar-refractivity contribution < 1.29 is 18.7 Å². The molecule has 0 saturated carbocycles. The molecule has 29 heavy (non-hydrogen) atoms. The fraction of sp³-hybridized carbons (Fsp3) is 0.478. The molecule has 1 N–H and O–H groups in total. The molecule has 0 bridgehead atoms. The number of piperidine rings is 1. The summed E-state index contributed by atoms with van der Waals surface area (Å²) in [5, 5.41) is 3.04. The molecule has 156 valence electrons. The van der Waals surface area contributed by atoms with Crippen LogP contribution in [0.15, 0.2) is 47.3 Å². The Bertz CT molecular complexity index is 763. The van der Waals surface area contributed by atoms with Crippen molar-refractivity contribution in [2.24, 2.45) is 5.92 Å². The first-order chi connectivity index (χ1) is 14.2. The lowest BCUT2D eigenvalue weighted by Crippen LogP contribution is -2.43. The molecule has 3 rings (SSSR count). The minimum atomic E-state index is -0.0299. The highest BCUT2D eigenvalue weighted by Gasteiger charge is 2.27. The first kappa shape index (κ1) is 21.0. The average molecular weight is 399 g/mol.